The highest BCUT2D eigenvalue weighted by atomic mass is 16.2. The van der Waals surface area contributed by atoms with Gasteiger partial charge in [-0.05, 0) is 12.5 Å². The molecule has 0 aliphatic carbocycles. The molecule has 0 saturated carbocycles. The normalized spacial score (nSPS) is 11.6. The molecule has 80 valence electrons. The van der Waals surface area contributed by atoms with Gasteiger partial charge in [-0.3, -0.25) is 9.59 Å². The summed E-state index contributed by atoms with van der Waals surface area (Å²) < 4.78 is 0. The number of carbonyl (C=O) groups is 2. The second-order valence-corrected chi connectivity index (χ2v) is 3.07. The van der Waals surface area contributed by atoms with Crippen LogP contribution in [0.25, 0.3) is 0 Å². The largest absolute Gasteiger partial charge is 0.357 e. The average Bonchev–Trinajstić information content (AvgIpc) is 2.22. The van der Waals surface area contributed by atoms with E-state index in [1.54, 1.807) is 14.1 Å². The van der Waals surface area contributed by atoms with Gasteiger partial charge in [0.2, 0.25) is 11.8 Å². The van der Waals surface area contributed by atoms with Crippen LogP contribution in [0.2, 0.25) is 0 Å². The van der Waals surface area contributed by atoms with E-state index in [1.165, 1.54) is 11.0 Å². The average molecular weight is 198 g/mol. The molecule has 1 N–H and O–H groups in total. The summed E-state index contributed by atoms with van der Waals surface area (Å²) in [5.41, 5.74) is 0. The van der Waals surface area contributed by atoms with Crippen molar-refractivity contribution in [3.63, 3.8) is 0 Å². The third-order valence-corrected chi connectivity index (χ3v) is 2.10. The van der Waals surface area contributed by atoms with Crippen molar-refractivity contribution in [2.24, 2.45) is 0 Å². The van der Waals surface area contributed by atoms with Gasteiger partial charge in [0, 0.05) is 14.1 Å². The van der Waals surface area contributed by atoms with Crippen molar-refractivity contribution in [1.82, 2.24) is 10.2 Å². The lowest BCUT2D eigenvalue weighted by atomic mass is 10.1. The fraction of sp³-hybridized carbons (Fsp3) is 0.600. The third-order valence-electron chi connectivity index (χ3n) is 2.10. The Kier molecular flexibility index (Phi) is 5.60. The lowest BCUT2D eigenvalue weighted by molar-refractivity contribution is -0.135. The van der Waals surface area contributed by atoms with Gasteiger partial charge in [-0.15, -0.1) is 0 Å². The lowest BCUT2D eigenvalue weighted by Gasteiger charge is -2.25. The monoisotopic (exact) mass is 198 g/mol. The standard InChI is InChI=1S/C10H18N2O2/c1-5-7-8(10(14)11-3)12(4)9(13)6-2/h6,8H,2,5,7H2,1,3-4H3,(H,11,14). The molecule has 0 radical (unpaired) electrons. The van der Waals surface area contributed by atoms with Gasteiger partial charge in [-0.2, -0.15) is 0 Å². The lowest BCUT2D eigenvalue weighted by Crippen LogP contribution is -2.46. The van der Waals surface area contributed by atoms with Crippen molar-refractivity contribution < 1.29 is 9.59 Å². The molecule has 14 heavy (non-hydrogen) atoms. The molecule has 0 fully saturated rings. The Morgan fingerprint density at radius 2 is 2.14 bits per heavy atom. The summed E-state index contributed by atoms with van der Waals surface area (Å²) in [5, 5.41) is 2.54. The van der Waals surface area contributed by atoms with Gasteiger partial charge in [0.05, 0.1) is 0 Å². The van der Waals surface area contributed by atoms with Crippen LogP contribution in [0.3, 0.4) is 0 Å². The maximum absolute atomic E-state index is 11.4. The van der Waals surface area contributed by atoms with Crippen LogP contribution in [0.1, 0.15) is 19.8 Å². The number of hydrogen-bond donors (Lipinski definition) is 1. The van der Waals surface area contributed by atoms with Gasteiger partial charge in [0.15, 0.2) is 0 Å². The first-order valence-corrected chi connectivity index (χ1v) is 4.69. The molecule has 1 atom stereocenters. The number of hydrogen-bond acceptors (Lipinski definition) is 2. The van der Waals surface area contributed by atoms with E-state index >= 15 is 0 Å². The molecule has 0 heterocycles. The Morgan fingerprint density at radius 3 is 2.50 bits per heavy atom. The molecule has 0 saturated heterocycles. The van der Waals surface area contributed by atoms with E-state index in [9.17, 15) is 9.59 Å². The first-order valence-electron chi connectivity index (χ1n) is 4.69. The predicted molar refractivity (Wildman–Crippen MR) is 55.7 cm³/mol. The van der Waals surface area contributed by atoms with Crippen LogP contribution < -0.4 is 5.32 Å². The summed E-state index contributed by atoms with van der Waals surface area (Å²) in [6.07, 6.45) is 2.73. The molecule has 1 unspecified atom stereocenters. The Balaban J connectivity index is 4.54. The number of nitrogens with zero attached hydrogens (tertiary/aromatic N) is 1. The van der Waals surface area contributed by atoms with Crippen LogP contribution >= 0.6 is 0 Å². The van der Waals surface area contributed by atoms with Crippen molar-refractivity contribution in [1.29, 1.82) is 0 Å². The topological polar surface area (TPSA) is 49.4 Å². The minimum absolute atomic E-state index is 0.135. The highest BCUT2D eigenvalue weighted by Gasteiger charge is 2.23. The molecule has 0 bridgehead atoms. The molecule has 4 heteroatoms. The number of likely N-dealkylation sites (N-methyl/N-ethyl adjacent to an activating group) is 2. The Labute approximate surface area is 85.0 Å². The maximum atomic E-state index is 11.4. The van der Waals surface area contributed by atoms with E-state index in [4.69, 9.17) is 0 Å². The summed E-state index contributed by atoms with van der Waals surface area (Å²) >= 11 is 0. The fourth-order valence-electron chi connectivity index (χ4n) is 1.24. The van der Waals surface area contributed by atoms with E-state index in [-0.39, 0.29) is 11.8 Å². The van der Waals surface area contributed by atoms with Crippen LogP contribution in [-0.2, 0) is 9.59 Å². The van der Waals surface area contributed by atoms with E-state index in [0.717, 1.165) is 6.42 Å². The molecule has 0 rings (SSSR count). The van der Waals surface area contributed by atoms with Gasteiger partial charge in [-0.25, -0.2) is 0 Å². The van der Waals surface area contributed by atoms with E-state index < -0.39 is 6.04 Å². The van der Waals surface area contributed by atoms with Gasteiger partial charge >= 0.3 is 0 Å². The van der Waals surface area contributed by atoms with Crippen LogP contribution in [0.15, 0.2) is 12.7 Å². The number of amides is 2. The molecular formula is C10H18N2O2. The van der Waals surface area contributed by atoms with Crippen molar-refractivity contribution in [3.8, 4) is 0 Å². The van der Waals surface area contributed by atoms with Crippen LogP contribution in [0.4, 0.5) is 0 Å². The van der Waals surface area contributed by atoms with Gasteiger partial charge < -0.3 is 10.2 Å². The van der Waals surface area contributed by atoms with Crippen LogP contribution in [-0.4, -0.2) is 36.9 Å². The van der Waals surface area contributed by atoms with E-state index in [1.807, 2.05) is 6.92 Å². The molecule has 2 amide bonds. The fourth-order valence-corrected chi connectivity index (χ4v) is 1.24. The van der Waals surface area contributed by atoms with Crippen LogP contribution in [0, 0.1) is 0 Å². The molecule has 0 spiro atoms. The van der Waals surface area contributed by atoms with Crippen molar-refractivity contribution in [2.75, 3.05) is 14.1 Å². The van der Waals surface area contributed by atoms with Crippen molar-refractivity contribution in [3.05, 3.63) is 12.7 Å². The third kappa shape index (κ3) is 3.20. The summed E-state index contributed by atoms with van der Waals surface area (Å²) in [5.74, 6) is -0.364. The van der Waals surface area contributed by atoms with E-state index in [0.29, 0.717) is 6.42 Å². The second-order valence-electron chi connectivity index (χ2n) is 3.07. The molecule has 0 aromatic heterocycles. The molecule has 0 aromatic rings. The Bertz CT molecular complexity index is 226. The SMILES string of the molecule is C=CC(=O)N(C)C(CCC)C(=O)NC. The first kappa shape index (κ1) is 12.7. The van der Waals surface area contributed by atoms with Gasteiger partial charge in [0.1, 0.15) is 6.04 Å². The minimum atomic E-state index is -0.393. The van der Waals surface area contributed by atoms with Crippen LogP contribution in [0.5, 0.6) is 0 Å². The zero-order chi connectivity index (χ0) is 11.1. The molecular weight excluding hydrogens is 180 g/mol. The number of carbonyl (C=O) groups excluding carboxylic acids is 2. The van der Waals surface area contributed by atoms with Crippen molar-refractivity contribution >= 4 is 11.8 Å². The molecule has 4 nitrogen and oxygen atoms in total. The number of nitrogens with one attached hydrogen (secondary N) is 1. The highest BCUT2D eigenvalue weighted by Crippen LogP contribution is 2.05. The zero-order valence-electron chi connectivity index (χ0n) is 9.04. The summed E-state index contributed by atoms with van der Waals surface area (Å²) in [7, 11) is 3.18. The summed E-state index contributed by atoms with van der Waals surface area (Å²) in [6.45, 7) is 5.36. The van der Waals surface area contributed by atoms with E-state index in [2.05, 4.69) is 11.9 Å². The quantitative estimate of drug-likeness (QED) is 0.656. The van der Waals surface area contributed by atoms with Crippen molar-refractivity contribution in [2.45, 2.75) is 25.8 Å². The Hall–Kier alpha value is -1.32. The molecule has 0 aliphatic rings. The Morgan fingerprint density at radius 1 is 1.57 bits per heavy atom. The zero-order valence-corrected chi connectivity index (χ0v) is 9.04. The van der Waals surface area contributed by atoms with Gasteiger partial charge in [0.25, 0.3) is 0 Å². The highest BCUT2D eigenvalue weighted by molar-refractivity contribution is 5.92. The second kappa shape index (κ2) is 6.18. The van der Waals surface area contributed by atoms with Gasteiger partial charge in [-0.1, -0.05) is 19.9 Å². The molecule has 0 aliphatic heterocycles. The predicted octanol–water partition coefficient (Wildman–Crippen LogP) is 0.545. The summed E-state index contributed by atoms with van der Waals surface area (Å²) in [6, 6.07) is -0.393. The summed E-state index contributed by atoms with van der Waals surface area (Å²) in [4.78, 5) is 24.1. The smallest absolute Gasteiger partial charge is 0.246 e. The number of rotatable bonds is 5. The minimum Gasteiger partial charge on any atom is -0.357 e. The maximum Gasteiger partial charge on any atom is 0.246 e. The molecule has 0 aromatic carbocycles. The first-order chi connectivity index (χ1) is 6.58.